The van der Waals surface area contributed by atoms with Crippen molar-refractivity contribution in [1.29, 1.82) is 0 Å². The van der Waals surface area contributed by atoms with Crippen molar-refractivity contribution in [3.05, 3.63) is 0 Å². The third-order valence-corrected chi connectivity index (χ3v) is 1.19. The fourth-order valence-corrected chi connectivity index (χ4v) is 0.647. The first-order valence-electron chi connectivity index (χ1n) is 2.78. The lowest BCUT2D eigenvalue weighted by molar-refractivity contribution is 0.206. The van der Waals surface area contributed by atoms with Gasteiger partial charge in [0, 0.05) is 0 Å². The van der Waals surface area contributed by atoms with E-state index >= 15 is 0 Å². The Balaban J connectivity index is 2.22. The molecule has 0 amide bonds. The Morgan fingerprint density at radius 3 is 2.88 bits per heavy atom. The Morgan fingerprint density at radius 2 is 2.62 bits per heavy atom. The summed E-state index contributed by atoms with van der Waals surface area (Å²) in [4.78, 5) is 0. The average Bonchev–Trinajstić information content (AvgIpc) is 2.14. The Morgan fingerprint density at radius 1 is 1.88 bits per heavy atom. The van der Waals surface area contributed by atoms with E-state index in [4.69, 9.17) is 9.68 Å². The highest BCUT2D eigenvalue weighted by Gasteiger charge is 2.28. The molecule has 0 radical (unpaired) electrons. The lowest BCUT2D eigenvalue weighted by atomic mass is 10.2. The first-order valence-corrected chi connectivity index (χ1v) is 2.78. The molecule has 1 saturated heterocycles. The summed E-state index contributed by atoms with van der Waals surface area (Å²) in [5, 5.41) is 8.59. The smallest absolute Gasteiger partial charge is 0.402 e. The molecule has 0 aliphatic carbocycles. The third-order valence-electron chi connectivity index (χ3n) is 1.19. The van der Waals surface area contributed by atoms with Crippen LogP contribution in [-0.4, -0.2) is 25.1 Å². The summed E-state index contributed by atoms with van der Waals surface area (Å²) in [5.74, 6) is 0. The minimum absolute atomic E-state index is 0.102. The van der Waals surface area contributed by atoms with Crippen molar-refractivity contribution in [2.75, 3.05) is 6.61 Å². The third kappa shape index (κ3) is 1.21. The highest BCUT2D eigenvalue weighted by atomic mass is 16.7. The van der Waals surface area contributed by atoms with Gasteiger partial charge in [0.1, 0.15) is 0 Å². The van der Waals surface area contributed by atoms with Crippen LogP contribution in [0.15, 0.2) is 0 Å². The molecule has 1 unspecified atom stereocenters. The van der Waals surface area contributed by atoms with Gasteiger partial charge in [-0.1, -0.05) is 6.92 Å². The molecular weight excluding hydrogens is 107 g/mol. The van der Waals surface area contributed by atoms with Crippen LogP contribution in [0.25, 0.3) is 0 Å². The fraction of sp³-hybridized carbons (Fsp3) is 1.00. The molecule has 0 aromatic carbocycles. The summed E-state index contributed by atoms with van der Waals surface area (Å²) in [5.41, 5.74) is 0. The van der Waals surface area contributed by atoms with E-state index in [1.54, 1.807) is 0 Å². The van der Waals surface area contributed by atoms with Gasteiger partial charge in [0.25, 0.3) is 0 Å². The predicted molar refractivity (Wildman–Crippen MR) is 29.1 cm³/mol. The van der Waals surface area contributed by atoms with Crippen LogP contribution in [0.4, 0.5) is 0 Å². The predicted octanol–water partition coefficient (Wildman–Crippen LogP) is -0.211. The molecule has 1 atom stereocenters. The highest BCUT2D eigenvalue weighted by Crippen LogP contribution is 2.07. The number of hydrogen-bond donors (Lipinski definition) is 1. The van der Waals surface area contributed by atoms with Gasteiger partial charge < -0.3 is 14.3 Å². The van der Waals surface area contributed by atoms with Gasteiger partial charge in [0.15, 0.2) is 0 Å². The quantitative estimate of drug-likeness (QED) is 0.481. The van der Waals surface area contributed by atoms with E-state index in [1.165, 1.54) is 0 Å². The number of rotatable bonds is 1. The molecule has 46 valence electrons. The maximum atomic E-state index is 8.59. The monoisotopic (exact) mass is 116 g/mol. The first-order chi connectivity index (χ1) is 3.83. The Labute approximate surface area is 48.8 Å². The lowest BCUT2D eigenvalue weighted by Crippen LogP contribution is -2.14. The van der Waals surface area contributed by atoms with Crippen molar-refractivity contribution in [2.45, 2.75) is 19.4 Å². The second-order valence-electron chi connectivity index (χ2n) is 1.81. The van der Waals surface area contributed by atoms with Crippen LogP contribution in [-0.2, 0) is 9.31 Å². The van der Waals surface area contributed by atoms with E-state index in [-0.39, 0.29) is 6.10 Å². The normalized spacial score (nSPS) is 29.2. The van der Waals surface area contributed by atoms with Gasteiger partial charge >= 0.3 is 7.32 Å². The average molecular weight is 116 g/mol. The van der Waals surface area contributed by atoms with E-state index in [1.807, 2.05) is 6.92 Å². The minimum atomic E-state index is -0.972. The topological polar surface area (TPSA) is 38.7 Å². The molecule has 1 rings (SSSR count). The van der Waals surface area contributed by atoms with E-state index in [0.29, 0.717) is 6.61 Å². The van der Waals surface area contributed by atoms with Gasteiger partial charge in [-0.15, -0.1) is 0 Å². The Bertz CT molecular complexity index is 77.7. The molecule has 4 heteroatoms. The zero-order valence-electron chi connectivity index (χ0n) is 4.83. The molecule has 1 fully saturated rings. The van der Waals surface area contributed by atoms with Gasteiger partial charge in [-0.05, 0) is 6.42 Å². The SMILES string of the molecule is CCC1COB(O)O1. The molecule has 0 spiro atoms. The molecule has 1 aliphatic rings. The van der Waals surface area contributed by atoms with Crippen LogP contribution >= 0.6 is 0 Å². The van der Waals surface area contributed by atoms with Gasteiger partial charge in [0.2, 0.25) is 0 Å². The minimum Gasteiger partial charge on any atom is -0.402 e. The van der Waals surface area contributed by atoms with Crippen LogP contribution in [0.1, 0.15) is 13.3 Å². The van der Waals surface area contributed by atoms with E-state index in [9.17, 15) is 0 Å². The molecule has 1 N–H and O–H groups in total. The second-order valence-corrected chi connectivity index (χ2v) is 1.81. The van der Waals surface area contributed by atoms with Gasteiger partial charge in [-0.3, -0.25) is 0 Å². The van der Waals surface area contributed by atoms with E-state index < -0.39 is 7.32 Å². The van der Waals surface area contributed by atoms with E-state index in [2.05, 4.69) is 4.65 Å². The standard InChI is InChI=1S/C4H9BO3/c1-2-4-3-7-5(6)8-4/h4,6H,2-3H2,1H3. The molecule has 1 heterocycles. The van der Waals surface area contributed by atoms with Crippen molar-refractivity contribution in [3.8, 4) is 0 Å². The van der Waals surface area contributed by atoms with E-state index in [0.717, 1.165) is 6.42 Å². The zero-order chi connectivity index (χ0) is 5.98. The van der Waals surface area contributed by atoms with Crippen LogP contribution in [0.5, 0.6) is 0 Å². The molecule has 1 aliphatic heterocycles. The molecule has 0 saturated carbocycles. The lowest BCUT2D eigenvalue weighted by Gasteiger charge is -2.00. The van der Waals surface area contributed by atoms with Crippen LogP contribution in [0.3, 0.4) is 0 Å². The van der Waals surface area contributed by atoms with Crippen molar-refractivity contribution in [1.82, 2.24) is 0 Å². The Kier molecular flexibility index (Phi) is 1.88. The summed E-state index contributed by atoms with van der Waals surface area (Å²) in [6, 6.07) is 0. The summed E-state index contributed by atoms with van der Waals surface area (Å²) < 4.78 is 9.53. The van der Waals surface area contributed by atoms with Gasteiger partial charge in [0.05, 0.1) is 12.7 Å². The molecule has 0 bridgehead atoms. The second kappa shape index (κ2) is 2.48. The summed E-state index contributed by atoms with van der Waals surface area (Å²) in [6.07, 6.45) is 1.00. The maximum absolute atomic E-state index is 8.59. The first kappa shape index (κ1) is 6.07. The van der Waals surface area contributed by atoms with Crippen LogP contribution in [0, 0.1) is 0 Å². The van der Waals surface area contributed by atoms with Crippen molar-refractivity contribution in [2.24, 2.45) is 0 Å². The molecule has 0 aromatic heterocycles. The highest BCUT2D eigenvalue weighted by molar-refractivity contribution is 6.35. The van der Waals surface area contributed by atoms with Crippen LogP contribution < -0.4 is 0 Å². The van der Waals surface area contributed by atoms with Crippen molar-refractivity contribution < 1.29 is 14.3 Å². The molecule has 8 heavy (non-hydrogen) atoms. The van der Waals surface area contributed by atoms with Crippen LogP contribution in [0.2, 0.25) is 0 Å². The summed E-state index contributed by atoms with van der Waals surface area (Å²) >= 11 is 0. The summed E-state index contributed by atoms with van der Waals surface area (Å²) in [6.45, 7) is 2.52. The maximum Gasteiger partial charge on any atom is 0.637 e. The van der Waals surface area contributed by atoms with Crippen molar-refractivity contribution in [3.63, 3.8) is 0 Å². The van der Waals surface area contributed by atoms with Gasteiger partial charge in [-0.2, -0.15) is 0 Å². The molecule has 0 aromatic rings. The Hall–Kier alpha value is -0.0551. The molecule has 3 nitrogen and oxygen atoms in total. The number of hydrogen-bond acceptors (Lipinski definition) is 3. The molecular formula is C4H9BO3. The fourth-order valence-electron chi connectivity index (χ4n) is 0.647. The summed E-state index contributed by atoms with van der Waals surface area (Å²) in [7, 11) is -0.972. The van der Waals surface area contributed by atoms with Crippen molar-refractivity contribution >= 4 is 7.32 Å². The largest absolute Gasteiger partial charge is 0.637 e. The zero-order valence-corrected chi connectivity index (χ0v) is 4.83. The van der Waals surface area contributed by atoms with Gasteiger partial charge in [-0.25, -0.2) is 0 Å².